The van der Waals surface area contributed by atoms with E-state index in [0.29, 0.717) is 45.4 Å². The first-order valence-electron chi connectivity index (χ1n) is 9.01. The van der Waals surface area contributed by atoms with Crippen LogP contribution in [0.4, 0.5) is 5.69 Å². The first-order chi connectivity index (χ1) is 13.5. The molecule has 0 saturated carbocycles. The van der Waals surface area contributed by atoms with Crippen LogP contribution in [0.1, 0.15) is 29.9 Å². The number of amides is 1. The molecule has 28 heavy (non-hydrogen) atoms. The molecule has 1 aromatic heterocycles. The Hall–Kier alpha value is -3.06. The summed E-state index contributed by atoms with van der Waals surface area (Å²) >= 11 is 0. The molecule has 6 nitrogen and oxygen atoms in total. The molecule has 0 unspecified atom stereocenters. The maximum Gasteiger partial charge on any atom is 0.256 e. The molecule has 0 saturated heterocycles. The normalized spacial score (nSPS) is 11.8. The van der Waals surface area contributed by atoms with Gasteiger partial charge in [-0.15, -0.1) is 0 Å². The monoisotopic (exact) mass is 395 g/mol. The number of nitrogens with zero attached hydrogens (tertiary/aromatic N) is 1. The van der Waals surface area contributed by atoms with E-state index in [2.05, 4.69) is 15.3 Å². The van der Waals surface area contributed by atoms with Gasteiger partial charge in [-0.2, -0.15) is 0 Å². The Morgan fingerprint density at radius 3 is 2.64 bits per heavy atom. The number of hydrogen-bond acceptors (Lipinski definition) is 4. The van der Waals surface area contributed by atoms with Gasteiger partial charge < -0.3 is 10.3 Å². The lowest BCUT2D eigenvalue weighted by Gasteiger charge is -2.10. The summed E-state index contributed by atoms with van der Waals surface area (Å²) in [4.78, 5) is 32.2. The fraction of sp³-hybridized carbons (Fsp3) is 0.190. The first kappa shape index (κ1) is 19.7. The highest BCUT2D eigenvalue weighted by Crippen LogP contribution is 2.21. The van der Waals surface area contributed by atoms with E-state index in [9.17, 15) is 13.8 Å². The minimum absolute atomic E-state index is 0.215. The largest absolute Gasteiger partial charge is 0.322 e. The maximum atomic E-state index is 12.7. The number of H-pyrrole nitrogens is 1. The molecular formula is C21H21N3O3S. The number of aromatic nitrogens is 2. The molecule has 1 amide bonds. The number of nitrogens with one attached hydrogen (secondary N) is 2. The highest BCUT2D eigenvalue weighted by atomic mass is 32.2. The quantitative estimate of drug-likeness (QED) is 0.669. The van der Waals surface area contributed by atoms with E-state index in [4.69, 9.17) is 0 Å². The highest BCUT2D eigenvalue weighted by Gasteiger charge is 2.15. The number of carbonyl (C=O) groups excluding carboxylic acids is 1. The minimum Gasteiger partial charge on any atom is -0.322 e. The second-order valence-corrected chi connectivity index (χ2v) is 7.81. The number of anilines is 1. The molecule has 0 bridgehead atoms. The lowest BCUT2D eigenvalue weighted by atomic mass is 10.1. The van der Waals surface area contributed by atoms with Crippen molar-refractivity contribution in [2.45, 2.75) is 25.2 Å². The van der Waals surface area contributed by atoms with Gasteiger partial charge in [-0.05, 0) is 30.7 Å². The second kappa shape index (κ2) is 8.75. The lowest BCUT2D eigenvalue weighted by Crippen LogP contribution is -2.15. The van der Waals surface area contributed by atoms with Crippen molar-refractivity contribution in [1.29, 1.82) is 0 Å². The summed E-state index contributed by atoms with van der Waals surface area (Å²) in [6, 6.07) is 15.4. The zero-order valence-electron chi connectivity index (χ0n) is 15.7. The van der Waals surface area contributed by atoms with Gasteiger partial charge in [0.15, 0.2) is 0 Å². The number of carbonyl (C=O) groups is 1. The van der Waals surface area contributed by atoms with Crippen LogP contribution in [0.5, 0.6) is 0 Å². The summed E-state index contributed by atoms with van der Waals surface area (Å²) in [5.41, 5.74) is 2.11. The van der Waals surface area contributed by atoms with Crippen molar-refractivity contribution >= 4 is 22.4 Å². The summed E-state index contributed by atoms with van der Waals surface area (Å²) in [5, 5.41) is 2.84. The predicted octanol–water partition coefficient (Wildman–Crippen LogP) is 3.38. The summed E-state index contributed by atoms with van der Waals surface area (Å²) < 4.78 is 12.2. The Balaban J connectivity index is 1.90. The van der Waals surface area contributed by atoms with Gasteiger partial charge in [0, 0.05) is 28.8 Å². The van der Waals surface area contributed by atoms with E-state index in [0.717, 1.165) is 0 Å². The number of aromatic amines is 1. The fourth-order valence-electron chi connectivity index (χ4n) is 2.78. The molecule has 0 spiro atoms. The van der Waals surface area contributed by atoms with Crippen LogP contribution in [0.2, 0.25) is 0 Å². The number of aryl methyl sites for hydroxylation is 1. The molecule has 3 rings (SSSR count). The standard InChI is InChI=1S/C21H21N3O3S/c1-3-15-13-19(25)24-20(22-15)14-8-7-9-16(12-14)23-21(26)17-10-5-6-11-18(17)28(27)4-2/h5-13H,3-4H2,1-2H3,(H,23,26)(H,22,24,25)/t28-/m0/s1. The first-order valence-corrected chi connectivity index (χ1v) is 10.3. The zero-order valence-corrected chi connectivity index (χ0v) is 16.5. The van der Waals surface area contributed by atoms with Gasteiger partial charge in [0.05, 0.1) is 21.3 Å². The van der Waals surface area contributed by atoms with Gasteiger partial charge >= 0.3 is 0 Å². The number of rotatable bonds is 6. The van der Waals surface area contributed by atoms with Crippen LogP contribution in [0.25, 0.3) is 11.4 Å². The molecule has 2 N–H and O–H groups in total. The molecule has 0 aliphatic rings. The molecule has 0 aliphatic heterocycles. The topological polar surface area (TPSA) is 91.9 Å². The van der Waals surface area contributed by atoms with E-state index in [1.807, 2.05) is 19.9 Å². The molecule has 1 heterocycles. The van der Waals surface area contributed by atoms with Crippen LogP contribution in [0.3, 0.4) is 0 Å². The van der Waals surface area contributed by atoms with Crippen molar-refractivity contribution in [3.63, 3.8) is 0 Å². The van der Waals surface area contributed by atoms with Gasteiger partial charge in [-0.25, -0.2) is 4.98 Å². The smallest absolute Gasteiger partial charge is 0.256 e. The Bertz CT molecular complexity index is 1090. The van der Waals surface area contributed by atoms with E-state index in [1.54, 1.807) is 42.5 Å². The summed E-state index contributed by atoms with van der Waals surface area (Å²) in [6.07, 6.45) is 0.651. The highest BCUT2D eigenvalue weighted by molar-refractivity contribution is 7.85. The van der Waals surface area contributed by atoms with Crippen LogP contribution < -0.4 is 10.9 Å². The van der Waals surface area contributed by atoms with Gasteiger partial charge in [0.25, 0.3) is 11.5 Å². The van der Waals surface area contributed by atoms with E-state index in [1.165, 1.54) is 6.07 Å². The Kier molecular flexibility index (Phi) is 6.16. The van der Waals surface area contributed by atoms with E-state index < -0.39 is 10.8 Å². The van der Waals surface area contributed by atoms with Crippen molar-refractivity contribution in [2.75, 3.05) is 11.1 Å². The second-order valence-electron chi connectivity index (χ2n) is 6.10. The zero-order chi connectivity index (χ0) is 20.1. The predicted molar refractivity (Wildman–Crippen MR) is 111 cm³/mol. The molecule has 0 fully saturated rings. The van der Waals surface area contributed by atoms with Gasteiger partial charge in [-0.3, -0.25) is 13.8 Å². The molecule has 0 aliphatic carbocycles. The summed E-state index contributed by atoms with van der Waals surface area (Å²) in [5.74, 6) is 0.554. The number of hydrogen-bond donors (Lipinski definition) is 2. The average Bonchev–Trinajstić information content (AvgIpc) is 2.72. The summed E-state index contributed by atoms with van der Waals surface area (Å²) in [6.45, 7) is 3.74. The van der Waals surface area contributed by atoms with Crippen molar-refractivity contribution < 1.29 is 9.00 Å². The molecule has 1 atom stereocenters. The van der Waals surface area contributed by atoms with Crippen molar-refractivity contribution in [3.05, 3.63) is 76.2 Å². The van der Waals surface area contributed by atoms with E-state index >= 15 is 0 Å². The van der Waals surface area contributed by atoms with Crippen LogP contribution >= 0.6 is 0 Å². The van der Waals surface area contributed by atoms with Gasteiger partial charge in [-0.1, -0.05) is 38.1 Å². The molecule has 2 aromatic carbocycles. The van der Waals surface area contributed by atoms with Crippen LogP contribution in [0.15, 0.2) is 64.3 Å². The van der Waals surface area contributed by atoms with Crippen LogP contribution in [0, 0.1) is 0 Å². The van der Waals surface area contributed by atoms with Crippen molar-refractivity contribution in [1.82, 2.24) is 9.97 Å². The van der Waals surface area contributed by atoms with Gasteiger partial charge in [0.1, 0.15) is 5.82 Å². The number of benzene rings is 2. The third-order valence-corrected chi connectivity index (χ3v) is 5.56. The van der Waals surface area contributed by atoms with Gasteiger partial charge in [0.2, 0.25) is 0 Å². The lowest BCUT2D eigenvalue weighted by molar-refractivity contribution is 0.102. The average molecular weight is 395 g/mol. The summed E-state index contributed by atoms with van der Waals surface area (Å²) in [7, 11) is -1.23. The minimum atomic E-state index is -1.23. The fourth-order valence-corrected chi connectivity index (χ4v) is 3.72. The SMILES string of the molecule is CCc1cc(=O)[nH]c(-c2cccc(NC(=O)c3ccccc3[S@@](=O)CC)c2)n1. The van der Waals surface area contributed by atoms with Crippen molar-refractivity contribution in [2.24, 2.45) is 0 Å². The molecule has 144 valence electrons. The Labute approximate surface area is 165 Å². The van der Waals surface area contributed by atoms with Crippen molar-refractivity contribution in [3.8, 4) is 11.4 Å². The van der Waals surface area contributed by atoms with Crippen LogP contribution in [-0.4, -0.2) is 25.8 Å². The Morgan fingerprint density at radius 1 is 1.11 bits per heavy atom. The third-order valence-electron chi connectivity index (χ3n) is 4.19. The van der Waals surface area contributed by atoms with E-state index in [-0.39, 0.29) is 11.5 Å². The molecule has 3 aromatic rings. The van der Waals surface area contributed by atoms with Crippen LogP contribution in [-0.2, 0) is 17.2 Å². The third kappa shape index (κ3) is 4.43. The molecule has 7 heteroatoms. The molecule has 0 radical (unpaired) electrons. The Morgan fingerprint density at radius 2 is 1.89 bits per heavy atom. The molecular weight excluding hydrogens is 374 g/mol. The maximum absolute atomic E-state index is 12.7.